The fourth-order valence-corrected chi connectivity index (χ4v) is 1.56. The van der Waals surface area contributed by atoms with Crippen LogP contribution in [0.1, 0.15) is 0 Å². The second-order valence-electron chi connectivity index (χ2n) is 3.26. The van der Waals surface area contributed by atoms with Crippen LogP contribution < -0.4 is 0 Å². The highest BCUT2D eigenvalue weighted by molar-refractivity contribution is 6.05. The zero-order valence-electron chi connectivity index (χ0n) is 9.90. The first-order chi connectivity index (χ1) is 7.63. The Kier molecular flexibility index (Phi) is 4.23. The van der Waals surface area contributed by atoms with Gasteiger partial charge in [0.15, 0.2) is 11.5 Å². The number of hydrogen-bond donors (Lipinski definition) is 0. The Bertz CT molecular complexity index is 325. The summed E-state index contributed by atoms with van der Waals surface area (Å²) in [7, 11) is 5.94. The minimum atomic E-state index is -1.14. The molecule has 0 aromatic carbocycles. The lowest BCUT2D eigenvalue weighted by atomic mass is 9.99. The van der Waals surface area contributed by atoms with Gasteiger partial charge in [-0.3, -0.25) is 4.79 Å². The maximum Gasteiger partial charge on any atom is 0.248 e. The fraction of sp³-hybridized carbons (Fsp3) is 0.545. The molecule has 0 radical (unpaired) electrons. The minimum Gasteiger partial charge on any atom is -0.495 e. The molecule has 0 N–H and O–H groups in total. The monoisotopic (exact) mass is 228 g/mol. The molecule has 0 aromatic heterocycles. The molecule has 1 aliphatic rings. The van der Waals surface area contributed by atoms with Crippen LogP contribution >= 0.6 is 0 Å². The van der Waals surface area contributed by atoms with Crippen molar-refractivity contribution in [3.63, 3.8) is 0 Å². The molecule has 0 spiro atoms. The van der Waals surface area contributed by atoms with Crippen LogP contribution in [-0.4, -0.2) is 46.6 Å². The summed E-state index contributed by atoms with van der Waals surface area (Å²) in [5, 5.41) is 0. The number of ketones is 1. The summed E-state index contributed by atoms with van der Waals surface area (Å²) in [5.74, 6) is -0.984. The molecular formula is C11H16O5. The first kappa shape index (κ1) is 12.9. The van der Waals surface area contributed by atoms with E-state index in [1.54, 1.807) is 6.08 Å². The summed E-state index contributed by atoms with van der Waals surface area (Å²) in [4.78, 5) is 11.7. The minimum absolute atomic E-state index is 0.163. The first-order valence-electron chi connectivity index (χ1n) is 4.75. The van der Waals surface area contributed by atoms with Gasteiger partial charge in [-0.05, 0) is 6.08 Å². The summed E-state index contributed by atoms with van der Waals surface area (Å²) >= 11 is 0. The number of methoxy groups -OCH3 is 4. The van der Waals surface area contributed by atoms with Crippen LogP contribution in [0.25, 0.3) is 0 Å². The van der Waals surface area contributed by atoms with Gasteiger partial charge in [0.25, 0.3) is 0 Å². The van der Waals surface area contributed by atoms with Crippen LogP contribution in [0.15, 0.2) is 23.5 Å². The lowest BCUT2D eigenvalue weighted by Gasteiger charge is -2.32. The predicted molar refractivity (Wildman–Crippen MR) is 56.8 cm³/mol. The van der Waals surface area contributed by atoms with E-state index in [0.717, 1.165) is 0 Å². The number of carbonyl (C=O) groups is 1. The van der Waals surface area contributed by atoms with E-state index in [9.17, 15) is 4.79 Å². The molecule has 0 heterocycles. The molecule has 90 valence electrons. The molecule has 5 nitrogen and oxygen atoms in total. The number of hydrogen-bond acceptors (Lipinski definition) is 5. The average molecular weight is 228 g/mol. The van der Waals surface area contributed by atoms with Crippen molar-refractivity contribution in [1.29, 1.82) is 0 Å². The Morgan fingerprint density at radius 3 is 2.25 bits per heavy atom. The molecule has 0 aliphatic heterocycles. The van der Waals surface area contributed by atoms with Crippen molar-refractivity contribution in [3.05, 3.63) is 23.5 Å². The van der Waals surface area contributed by atoms with E-state index in [0.29, 0.717) is 11.3 Å². The Morgan fingerprint density at radius 1 is 1.19 bits per heavy atom. The Balaban J connectivity index is 3.11. The largest absolute Gasteiger partial charge is 0.495 e. The Labute approximate surface area is 94.6 Å². The highest BCUT2D eigenvalue weighted by Gasteiger charge is 2.39. The van der Waals surface area contributed by atoms with Gasteiger partial charge < -0.3 is 18.9 Å². The van der Waals surface area contributed by atoms with Crippen LogP contribution in [0.5, 0.6) is 0 Å². The molecule has 0 aromatic rings. The van der Waals surface area contributed by atoms with Gasteiger partial charge in [0.05, 0.1) is 13.7 Å². The van der Waals surface area contributed by atoms with Gasteiger partial charge in [-0.2, -0.15) is 0 Å². The van der Waals surface area contributed by atoms with E-state index in [1.807, 2.05) is 0 Å². The normalized spacial score (nSPS) is 19.1. The molecule has 1 aliphatic carbocycles. The standard InChI is InChI=1S/C11H16O5/c1-13-7-8-6-11(15-3,16-4)10(14-2)5-9(8)12/h5-6H,7H2,1-4H3. The smallest absolute Gasteiger partial charge is 0.248 e. The van der Waals surface area contributed by atoms with Crippen molar-refractivity contribution in [2.45, 2.75) is 5.79 Å². The first-order valence-corrected chi connectivity index (χ1v) is 4.75. The molecule has 16 heavy (non-hydrogen) atoms. The van der Waals surface area contributed by atoms with E-state index in [1.165, 1.54) is 34.5 Å². The second kappa shape index (κ2) is 5.25. The van der Waals surface area contributed by atoms with Crippen LogP contribution in [-0.2, 0) is 23.7 Å². The van der Waals surface area contributed by atoms with E-state index < -0.39 is 5.79 Å². The molecule has 0 saturated heterocycles. The van der Waals surface area contributed by atoms with Crippen LogP contribution in [0.3, 0.4) is 0 Å². The van der Waals surface area contributed by atoms with Gasteiger partial charge in [-0.25, -0.2) is 0 Å². The lowest BCUT2D eigenvalue weighted by molar-refractivity contribution is -0.168. The van der Waals surface area contributed by atoms with E-state index >= 15 is 0 Å². The summed E-state index contributed by atoms with van der Waals surface area (Å²) in [6, 6.07) is 0. The summed E-state index contributed by atoms with van der Waals surface area (Å²) in [5.41, 5.74) is 0.479. The third kappa shape index (κ3) is 2.16. The summed E-state index contributed by atoms with van der Waals surface area (Å²) in [6.45, 7) is 0.209. The van der Waals surface area contributed by atoms with Crippen molar-refractivity contribution in [2.24, 2.45) is 0 Å². The maximum absolute atomic E-state index is 11.7. The molecule has 0 bridgehead atoms. The molecule has 0 unspecified atom stereocenters. The van der Waals surface area contributed by atoms with Crippen molar-refractivity contribution in [3.8, 4) is 0 Å². The van der Waals surface area contributed by atoms with Crippen molar-refractivity contribution >= 4 is 5.78 Å². The van der Waals surface area contributed by atoms with E-state index in [-0.39, 0.29) is 12.4 Å². The number of carbonyl (C=O) groups excluding carboxylic acids is 1. The third-order valence-electron chi connectivity index (χ3n) is 2.41. The topological polar surface area (TPSA) is 54.0 Å². The molecule has 0 amide bonds. The van der Waals surface area contributed by atoms with Crippen molar-refractivity contribution in [2.75, 3.05) is 35.0 Å². The highest BCUT2D eigenvalue weighted by Crippen LogP contribution is 2.30. The quantitative estimate of drug-likeness (QED) is 0.647. The van der Waals surface area contributed by atoms with Gasteiger partial charge in [-0.15, -0.1) is 0 Å². The maximum atomic E-state index is 11.7. The molecule has 5 heteroatoms. The van der Waals surface area contributed by atoms with Crippen LogP contribution in [0, 0.1) is 0 Å². The SMILES string of the molecule is COCC1=CC(OC)(OC)C(OC)=CC1=O. The van der Waals surface area contributed by atoms with Crippen LogP contribution in [0.4, 0.5) is 0 Å². The molecular weight excluding hydrogens is 212 g/mol. The van der Waals surface area contributed by atoms with Gasteiger partial charge >= 0.3 is 0 Å². The summed E-state index contributed by atoms with van der Waals surface area (Å²) < 4.78 is 20.5. The zero-order valence-corrected chi connectivity index (χ0v) is 9.90. The van der Waals surface area contributed by atoms with Crippen molar-refractivity contribution < 1.29 is 23.7 Å². The Hall–Kier alpha value is -1.17. The van der Waals surface area contributed by atoms with Gasteiger partial charge in [-0.1, -0.05) is 0 Å². The number of ether oxygens (including phenoxy) is 4. The van der Waals surface area contributed by atoms with Crippen LogP contribution in [0.2, 0.25) is 0 Å². The third-order valence-corrected chi connectivity index (χ3v) is 2.41. The zero-order chi connectivity index (χ0) is 12.2. The van der Waals surface area contributed by atoms with E-state index in [4.69, 9.17) is 18.9 Å². The van der Waals surface area contributed by atoms with Gasteiger partial charge in [0.2, 0.25) is 5.79 Å². The predicted octanol–water partition coefficient (Wildman–Crippen LogP) is 0.661. The highest BCUT2D eigenvalue weighted by atomic mass is 16.7. The lowest BCUT2D eigenvalue weighted by Crippen LogP contribution is -2.38. The Morgan fingerprint density at radius 2 is 1.81 bits per heavy atom. The molecule has 0 atom stereocenters. The molecule has 0 fully saturated rings. The van der Waals surface area contributed by atoms with E-state index in [2.05, 4.69) is 0 Å². The second-order valence-corrected chi connectivity index (χ2v) is 3.26. The molecule has 0 saturated carbocycles. The van der Waals surface area contributed by atoms with Gasteiger partial charge in [0, 0.05) is 33.0 Å². The number of rotatable bonds is 5. The summed E-state index contributed by atoms with van der Waals surface area (Å²) in [6.07, 6.45) is 2.92. The average Bonchev–Trinajstić information content (AvgIpc) is 2.31. The molecule has 1 rings (SSSR count). The van der Waals surface area contributed by atoms with Crippen molar-refractivity contribution in [1.82, 2.24) is 0 Å². The van der Waals surface area contributed by atoms with Gasteiger partial charge in [0.1, 0.15) is 0 Å². The fourth-order valence-electron chi connectivity index (χ4n) is 1.56. The number of allylic oxidation sites excluding steroid dienone is 1.